The summed E-state index contributed by atoms with van der Waals surface area (Å²) >= 11 is 0. The van der Waals surface area contributed by atoms with Crippen LogP contribution in [-0.2, 0) is 25.2 Å². The number of anilines is 1. The number of sulfonamides is 1. The monoisotopic (exact) mass is 687 g/mol. The van der Waals surface area contributed by atoms with Gasteiger partial charge in [0.25, 0.3) is 21.5 Å². The van der Waals surface area contributed by atoms with Crippen molar-refractivity contribution in [1.29, 1.82) is 5.26 Å². The number of pyridine rings is 1. The van der Waals surface area contributed by atoms with Crippen LogP contribution in [0.2, 0.25) is 0 Å². The Morgan fingerprint density at radius 2 is 1.67 bits per heavy atom. The Balaban J connectivity index is 1.42. The number of para-hydroxylation sites is 1. The third-order valence-electron chi connectivity index (χ3n) is 10.0. The van der Waals surface area contributed by atoms with Crippen LogP contribution in [0.1, 0.15) is 56.2 Å². The van der Waals surface area contributed by atoms with Gasteiger partial charge < -0.3 is 24.0 Å². The first-order valence-corrected chi connectivity index (χ1v) is 18.2. The van der Waals surface area contributed by atoms with E-state index in [9.17, 15) is 18.5 Å². The molecule has 3 aliphatic heterocycles. The van der Waals surface area contributed by atoms with Crippen molar-refractivity contribution in [2.24, 2.45) is 11.8 Å². The first-order chi connectivity index (χ1) is 23.7. The number of methoxy groups -OCH3 is 1. The summed E-state index contributed by atoms with van der Waals surface area (Å²) in [5, 5.41) is 9.89. The molecule has 0 N–H and O–H groups in total. The second-order valence-corrected chi connectivity index (χ2v) is 14.3. The van der Waals surface area contributed by atoms with Crippen LogP contribution < -0.4 is 13.8 Å². The second-order valence-electron chi connectivity index (χ2n) is 12.5. The van der Waals surface area contributed by atoms with Crippen molar-refractivity contribution in [1.82, 2.24) is 14.8 Å². The van der Waals surface area contributed by atoms with Crippen molar-refractivity contribution in [3.05, 3.63) is 77.5 Å². The van der Waals surface area contributed by atoms with E-state index in [1.54, 1.807) is 24.0 Å². The van der Waals surface area contributed by atoms with Gasteiger partial charge in [-0.15, -0.1) is 0 Å². The van der Waals surface area contributed by atoms with Gasteiger partial charge in [-0.2, -0.15) is 9.57 Å². The molecule has 2 saturated heterocycles. The zero-order valence-corrected chi connectivity index (χ0v) is 28.8. The van der Waals surface area contributed by atoms with Gasteiger partial charge in [0.1, 0.15) is 10.6 Å². The molecule has 3 aliphatic rings. The lowest BCUT2D eigenvalue weighted by Crippen LogP contribution is -2.50. The SMILES string of the molecule is CCOc1ncccc1C1(OC(=O)N2CCC(C3CCN(CC)CC3)CC2)C(=O)N(S(=O)(=O)c2ccccc2OC)c2ccc(C#N)cc21. The summed E-state index contributed by atoms with van der Waals surface area (Å²) in [6.45, 7) is 8.17. The van der Waals surface area contributed by atoms with Crippen LogP contribution in [0.4, 0.5) is 10.5 Å². The predicted octanol–water partition coefficient (Wildman–Crippen LogP) is 4.92. The van der Waals surface area contributed by atoms with Gasteiger partial charge in [0.05, 0.1) is 36.6 Å². The second kappa shape index (κ2) is 14.1. The van der Waals surface area contributed by atoms with Gasteiger partial charge in [-0.3, -0.25) is 4.79 Å². The number of fused-ring (bicyclic) bond motifs is 1. The molecule has 4 heterocycles. The number of rotatable bonds is 9. The van der Waals surface area contributed by atoms with Crippen LogP contribution in [0.5, 0.6) is 11.6 Å². The van der Waals surface area contributed by atoms with E-state index in [-0.39, 0.29) is 45.5 Å². The number of nitriles is 1. The Labute approximate surface area is 287 Å². The molecule has 0 bridgehead atoms. The lowest BCUT2D eigenvalue weighted by molar-refractivity contribution is -0.132. The molecule has 0 saturated carbocycles. The van der Waals surface area contributed by atoms with Crippen molar-refractivity contribution >= 4 is 27.7 Å². The largest absolute Gasteiger partial charge is 0.495 e. The van der Waals surface area contributed by atoms with Gasteiger partial charge in [-0.25, -0.2) is 18.2 Å². The third kappa shape index (κ3) is 6.08. The quantitative estimate of drug-likeness (QED) is 0.304. The number of piperidine rings is 2. The van der Waals surface area contributed by atoms with E-state index in [0.29, 0.717) is 29.2 Å². The van der Waals surface area contributed by atoms with E-state index >= 15 is 4.79 Å². The molecule has 258 valence electrons. The number of aromatic nitrogens is 1. The summed E-state index contributed by atoms with van der Waals surface area (Å²) in [6, 6.07) is 15.3. The summed E-state index contributed by atoms with van der Waals surface area (Å²) in [7, 11) is -3.31. The fourth-order valence-corrected chi connectivity index (χ4v) is 9.03. The van der Waals surface area contributed by atoms with Gasteiger partial charge in [-0.05, 0) is 107 Å². The molecule has 2 amide bonds. The van der Waals surface area contributed by atoms with Crippen molar-refractivity contribution in [3.8, 4) is 17.7 Å². The number of carbonyl (C=O) groups excluding carboxylic acids is 2. The fourth-order valence-electron chi connectivity index (χ4n) is 7.42. The Morgan fingerprint density at radius 1 is 0.980 bits per heavy atom. The minimum Gasteiger partial charge on any atom is -0.495 e. The summed E-state index contributed by atoms with van der Waals surface area (Å²) < 4.78 is 47.1. The molecule has 0 radical (unpaired) electrons. The predicted molar refractivity (Wildman–Crippen MR) is 181 cm³/mol. The highest BCUT2D eigenvalue weighted by Gasteiger charge is 2.61. The summed E-state index contributed by atoms with van der Waals surface area (Å²) in [5.74, 6) is 0.0300. The number of carbonyl (C=O) groups is 2. The number of benzene rings is 2. The molecule has 12 nitrogen and oxygen atoms in total. The molecule has 1 aromatic heterocycles. The first kappa shape index (κ1) is 34.2. The summed E-state index contributed by atoms with van der Waals surface area (Å²) in [4.78, 5) is 37.4. The molecule has 49 heavy (non-hydrogen) atoms. The smallest absolute Gasteiger partial charge is 0.411 e. The van der Waals surface area contributed by atoms with Gasteiger partial charge in [0, 0.05) is 24.8 Å². The number of nitrogens with zero attached hydrogens (tertiary/aromatic N) is 5. The Morgan fingerprint density at radius 3 is 2.33 bits per heavy atom. The van der Waals surface area contributed by atoms with Crippen molar-refractivity contribution in [2.75, 3.05) is 50.7 Å². The van der Waals surface area contributed by atoms with Gasteiger partial charge >= 0.3 is 6.09 Å². The number of likely N-dealkylation sites (tertiary alicyclic amines) is 2. The molecule has 6 rings (SSSR count). The van der Waals surface area contributed by atoms with Crippen LogP contribution in [0.3, 0.4) is 0 Å². The average Bonchev–Trinajstić information content (AvgIpc) is 3.39. The Hall–Kier alpha value is -4.67. The number of hydrogen-bond donors (Lipinski definition) is 0. The fraction of sp³-hybridized carbons (Fsp3) is 0.444. The van der Waals surface area contributed by atoms with Crippen molar-refractivity contribution in [2.45, 2.75) is 50.0 Å². The molecule has 13 heteroatoms. The van der Waals surface area contributed by atoms with E-state index in [2.05, 4.69) is 22.9 Å². The Bertz CT molecular complexity index is 1860. The standard InChI is InChI=1S/C36H41N5O7S/c1-4-39-19-14-26(15-20-39)27-16-21-40(22-17-27)35(43)48-36(28-9-8-18-38-33(28)47-5-2)29-23-25(24-37)12-13-30(29)41(34(36)42)49(44,45)32-11-7-6-10-31(32)46-3/h6-13,18,23,26-27H,4-5,14-17,19-22H2,1-3H3. The van der Waals surface area contributed by atoms with Gasteiger partial charge in [0.15, 0.2) is 0 Å². The number of amides is 2. The van der Waals surface area contributed by atoms with Gasteiger partial charge in [-0.1, -0.05) is 19.1 Å². The van der Waals surface area contributed by atoms with E-state index < -0.39 is 27.6 Å². The van der Waals surface area contributed by atoms with Crippen LogP contribution in [0.15, 0.2) is 65.7 Å². The minimum atomic E-state index is -4.65. The van der Waals surface area contributed by atoms with Crippen LogP contribution >= 0.6 is 0 Å². The normalized spacial score (nSPS) is 20.5. The molecule has 2 aromatic carbocycles. The van der Waals surface area contributed by atoms with E-state index in [0.717, 1.165) is 45.3 Å². The molecular formula is C36H41N5O7S. The summed E-state index contributed by atoms with van der Waals surface area (Å²) in [5.41, 5.74) is -2.22. The van der Waals surface area contributed by atoms with Crippen LogP contribution in [0.25, 0.3) is 0 Å². The molecule has 2 fully saturated rings. The first-order valence-electron chi connectivity index (χ1n) is 16.8. The zero-order chi connectivity index (χ0) is 34.8. The van der Waals surface area contributed by atoms with E-state index in [1.807, 2.05) is 0 Å². The third-order valence-corrected chi connectivity index (χ3v) is 11.7. The van der Waals surface area contributed by atoms with Crippen molar-refractivity contribution < 1.29 is 32.2 Å². The van der Waals surface area contributed by atoms with Crippen LogP contribution in [-0.4, -0.2) is 81.6 Å². The molecular weight excluding hydrogens is 646 g/mol. The highest BCUT2D eigenvalue weighted by molar-refractivity contribution is 7.93. The molecule has 1 unspecified atom stereocenters. The zero-order valence-electron chi connectivity index (χ0n) is 28.0. The number of ether oxygens (including phenoxy) is 3. The lowest BCUT2D eigenvalue weighted by Gasteiger charge is -2.40. The maximum atomic E-state index is 15.0. The Kier molecular flexibility index (Phi) is 9.81. The highest BCUT2D eigenvalue weighted by Crippen LogP contribution is 2.52. The van der Waals surface area contributed by atoms with Gasteiger partial charge in [0.2, 0.25) is 5.88 Å². The number of hydrogen-bond acceptors (Lipinski definition) is 10. The highest BCUT2D eigenvalue weighted by atomic mass is 32.2. The van der Waals surface area contributed by atoms with E-state index in [1.165, 1.54) is 55.8 Å². The summed E-state index contributed by atoms with van der Waals surface area (Å²) in [6.07, 6.45) is 4.56. The molecule has 0 spiro atoms. The molecule has 0 aliphatic carbocycles. The molecule has 1 atom stereocenters. The maximum absolute atomic E-state index is 15.0. The molecule has 3 aromatic rings. The van der Waals surface area contributed by atoms with Crippen molar-refractivity contribution in [3.63, 3.8) is 0 Å². The lowest BCUT2D eigenvalue weighted by atomic mass is 9.79. The topological polar surface area (TPSA) is 142 Å². The average molecular weight is 688 g/mol. The van der Waals surface area contributed by atoms with E-state index in [4.69, 9.17) is 14.2 Å². The maximum Gasteiger partial charge on any atom is 0.411 e. The van der Waals surface area contributed by atoms with Crippen LogP contribution in [0, 0.1) is 23.2 Å². The minimum absolute atomic E-state index is 0.00636.